The Labute approximate surface area is 150 Å². The largest absolute Gasteiger partial charge is 0.491 e. The van der Waals surface area contributed by atoms with Gasteiger partial charge >= 0.3 is 6.09 Å². The summed E-state index contributed by atoms with van der Waals surface area (Å²) in [5.74, 6) is 0.232. The second-order valence-corrected chi connectivity index (χ2v) is 6.88. The van der Waals surface area contributed by atoms with Crippen LogP contribution in [0.15, 0.2) is 35.3 Å². The van der Waals surface area contributed by atoms with Crippen LogP contribution in [-0.4, -0.2) is 30.8 Å². The van der Waals surface area contributed by atoms with Crippen LogP contribution < -0.4 is 15.4 Å². The van der Waals surface area contributed by atoms with Gasteiger partial charge in [0.25, 0.3) is 0 Å². The molecule has 0 unspecified atom stereocenters. The second kappa shape index (κ2) is 9.32. The Bertz CT molecular complexity index is 597. The first-order chi connectivity index (χ1) is 11.2. The van der Waals surface area contributed by atoms with E-state index in [-0.39, 0.29) is 5.91 Å². The van der Waals surface area contributed by atoms with Crippen LogP contribution in [0, 0.1) is 0 Å². The molecule has 0 aliphatic heterocycles. The van der Waals surface area contributed by atoms with Gasteiger partial charge in [0.15, 0.2) is 0 Å². The summed E-state index contributed by atoms with van der Waals surface area (Å²) in [6.45, 7) is 9.66. The van der Waals surface area contributed by atoms with Gasteiger partial charge in [-0.15, -0.1) is 0 Å². The zero-order chi connectivity index (χ0) is 18.2. The number of benzene rings is 1. The lowest BCUT2D eigenvalue weighted by molar-refractivity contribution is -0.111. The van der Waals surface area contributed by atoms with E-state index >= 15 is 0 Å². The predicted octanol–water partition coefficient (Wildman–Crippen LogP) is 3.87. The van der Waals surface area contributed by atoms with Gasteiger partial charge in [-0.1, -0.05) is 22.5 Å². The minimum absolute atomic E-state index is 0.315. The third kappa shape index (κ3) is 8.01. The van der Waals surface area contributed by atoms with Gasteiger partial charge < -0.3 is 20.1 Å². The molecule has 0 fully saturated rings. The van der Waals surface area contributed by atoms with Crippen molar-refractivity contribution in [3.8, 4) is 5.75 Å². The lowest BCUT2D eigenvalue weighted by Gasteiger charge is -2.19. The molecule has 0 bridgehead atoms. The van der Waals surface area contributed by atoms with Crippen LogP contribution in [0.1, 0.15) is 27.2 Å². The molecule has 1 rings (SSSR count). The molecule has 0 aromatic heterocycles. The van der Waals surface area contributed by atoms with Crippen molar-refractivity contribution >= 4 is 33.6 Å². The van der Waals surface area contributed by atoms with Crippen LogP contribution in [-0.2, 0) is 9.53 Å². The normalized spacial score (nSPS) is 10.7. The smallest absolute Gasteiger partial charge is 0.407 e. The molecule has 0 aliphatic rings. The highest BCUT2D eigenvalue weighted by Gasteiger charge is 2.15. The number of hydrogen-bond acceptors (Lipinski definition) is 4. The molecule has 0 radical (unpaired) electrons. The first-order valence-electron chi connectivity index (χ1n) is 7.54. The lowest BCUT2D eigenvalue weighted by Crippen LogP contribution is -2.33. The number of rotatable bonds is 7. The standard InChI is InChI=1S/C17H23BrN2O4/c1-5-15(21)20-13-11-12(18)7-8-14(13)23-10-6-9-19-16(22)24-17(2,3)4/h5,7-8,11H,1,6,9-10H2,2-4H3,(H,19,22)(H,20,21). The van der Waals surface area contributed by atoms with E-state index in [0.717, 1.165) is 4.47 Å². The van der Waals surface area contributed by atoms with Crippen molar-refractivity contribution in [2.45, 2.75) is 32.8 Å². The molecule has 0 spiro atoms. The van der Waals surface area contributed by atoms with Crippen LogP contribution >= 0.6 is 15.9 Å². The van der Waals surface area contributed by atoms with Crippen molar-refractivity contribution in [3.05, 3.63) is 35.3 Å². The molecule has 0 saturated carbocycles. The number of anilines is 1. The number of amides is 2. The predicted molar refractivity (Wildman–Crippen MR) is 97.3 cm³/mol. The molecule has 132 valence electrons. The molecular formula is C17H23BrN2O4. The number of ether oxygens (including phenoxy) is 2. The highest BCUT2D eigenvalue weighted by molar-refractivity contribution is 9.10. The van der Waals surface area contributed by atoms with Gasteiger partial charge in [-0.25, -0.2) is 4.79 Å². The molecule has 2 N–H and O–H groups in total. The molecule has 0 saturated heterocycles. The Morgan fingerprint density at radius 3 is 2.67 bits per heavy atom. The summed E-state index contributed by atoms with van der Waals surface area (Å²) in [7, 11) is 0. The van der Waals surface area contributed by atoms with Gasteiger partial charge in [0.2, 0.25) is 5.91 Å². The van der Waals surface area contributed by atoms with Gasteiger partial charge in [0, 0.05) is 11.0 Å². The number of nitrogens with one attached hydrogen (secondary N) is 2. The number of carbonyl (C=O) groups excluding carboxylic acids is 2. The molecule has 0 atom stereocenters. The minimum Gasteiger partial charge on any atom is -0.491 e. The van der Waals surface area contributed by atoms with Crippen LogP contribution in [0.3, 0.4) is 0 Å². The molecule has 1 aromatic carbocycles. The first kappa shape index (κ1) is 20.0. The van der Waals surface area contributed by atoms with Crippen LogP contribution in [0.25, 0.3) is 0 Å². The first-order valence-corrected chi connectivity index (χ1v) is 8.33. The van der Waals surface area contributed by atoms with Crippen molar-refractivity contribution in [1.82, 2.24) is 5.32 Å². The molecule has 24 heavy (non-hydrogen) atoms. The van der Waals surface area contributed by atoms with E-state index in [1.165, 1.54) is 6.08 Å². The van der Waals surface area contributed by atoms with Gasteiger partial charge in [0.1, 0.15) is 11.4 Å². The highest BCUT2D eigenvalue weighted by atomic mass is 79.9. The molecule has 6 nitrogen and oxygen atoms in total. The summed E-state index contributed by atoms with van der Waals surface area (Å²) in [5, 5.41) is 5.34. The summed E-state index contributed by atoms with van der Waals surface area (Å²) in [6.07, 6.45) is 1.34. The Balaban J connectivity index is 2.43. The summed E-state index contributed by atoms with van der Waals surface area (Å²) < 4.78 is 11.6. The quantitative estimate of drug-likeness (QED) is 0.539. The SMILES string of the molecule is C=CC(=O)Nc1cc(Br)ccc1OCCCNC(=O)OC(C)(C)C. The van der Waals surface area contributed by atoms with Crippen molar-refractivity contribution in [2.24, 2.45) is 0 Å². The fraction of sp³-hybridized carbons (Fsp3) is 0.412. The summed E-state index contributed by atoms with van der Waals surface area (Å²) in [5.41, 5.74) is 0.0328. The van der Waals surface area contributed by atoms with E-state index < -0.39 is 11.7 Å². The fourth-order valence-electron chi connectivity index (χ4n) is 1.67. The zero-order valence-corrected chi connectivity index (χ0v) is 15.7. The van der Waals surface area contributed by atoms with E-state index in [9.17, 15) is 9.59 Å². The second-order valence-electron chi connectivity index (χ2n) is 5.96. The minimum atomic E-state index is -0.518. The summed E-state index contributed by atoms with van der Waals surface area (Å²) in [4.78, 5) is 23.0. The number of carbonyl (C=O) groups is 2. The van der Waals surface area contributed by atoms with Crippen LogP contribution in [0.2, 0.25) is 0 Å². The Kier molecular flexibility index (Phi) is 7.78. The van der Waals surface area contributed by atoms with Gasteiger partial charge in [-0.3, -0.25) is 4.79 Å². The average Bonchev–Trinajstić information content (AvgIpc) is 2.46. The third-order valence-electron chi connectivity index (χ3n) is 2.63. The van der Waals surface area contributed by atoms with E-state index in [4.69, 9.17) is 9.47 Å². The maximum Gasteiger partial charge on any atom is 0.407 e. The molecule has 1 aromatic rings. The van der Waals surface area contributed by atoms with Crippen molar-refractivity contribution in [1.29, 1.82) is 0 Å². The highest BCUT2D eigenvalue weighted by Crippen LogP contribution is 2.28. The van der Waals surface area contributed by atoms with Crippen molar-refractivity contribution < 1.29 is 19.1 Å². The van der Waals surface area contributed by atoms with Crippen molar-refractivity contribution in [2.75, 3.05) is 18.5 Å². The van der Waals surface area contributed by atoms with Gasteiger partial charge in [-0.05, 0) is 51.5 Å². The molecule has 0 heterocycles. The van der Waals surface area contributed by atoms with Gasteiger partial charge in [0.05, 0.1) is 12.3 Å². The number of hydrogen-bond donors (Lipinski definition) is 2. The summed E-state index contributed by atoms with van der Waals surface area (Å²) >= 11 is 3.35. The van der Waals surface area contributed by atoms with Gasteiger partial charge in [-0.2, -0.15) is 0 Å². The van der Waals surface area contributed by atoms with E-state index in [1.54, 1.807) is 12.1 Å². The average molecular weight is 399 g/mol. The van der Waals surface area contributed by atoms with E-state index in [1.807, 2.05) is 26.8 Å². The molecule has 2 amide bonds. The monoisotopic (exact) mass is 398 g/mol. The molecular weight excluding hydrogens is 376 g/mol. The number of alkyl carbamates (subject to hydrolysis) is 1. The zero-order valence-electron chi connectivity index (χ0n) is 14.1. The maximum atomic E-state index is 11.5. The molecule has 7 heteroatoms. The molecule has 0 aliphatic carbocycles. The number of halogens is 1. The Morgan fingerprint density at radius 1 is 1.33 bits per heavy atom. The topological polar surface area (TPSA) is 76.7 Å². The summed E-state index contributed by atoms with van der Waals surface area (Å²) in [6, 6.07) is 5.32. The fourth-order valence-corrected chi connectivity index (χ4v) is 2.03. The maximum absolute atomic E-state index is 11.5. The van der Waals surface area contributed by atoms with E-state index in [0.29, 0.717) is 31.0 Å². The van der Waals surface area contributed by atoms with Crippen LogP contribution in [0.5, 0.6) is 5.75 Å². The van der Waals surface area contributed by atoms with Crippen LogP contribution in [0.4, 0.5) is 10.5 Å². The Morgan fingerprint density at radius 2 is 2.04 bits per heavy atom. The van der Waals surface area contributed by atoms with Crippen molar-refractivity contribution in [3.63, 3.8) is 0 Å². The third-order valence-corrected chi connectivity index (χ3v) is 3.13. The lowest BCUT2D eigenvalue weighted by atomic mass is 10.2. The van der Waals surface area contributed by atoms with E-state index in [2.05, 4.69) is 33.1 Å². The Hall–Kier alpha value is -2.02.